The summed E-state index contributed by atoms with van der Waals surface area (Å²) in [6.45, 7) is 0.980. The Bertz CT molecular complexity index is 617. The largest absolute Gasteiger partial charge is 0.494 e. The molecule has 0 heterocycles. The zero-order valence-electron chi connectivity index (χ0n) is 13.8. The number of unbranched alkanes of at least 4 members (excludes halogenated alkanes) is 4. The van der Waals surface area contributed by atoms with Crippen molar-refractivity contribution < 1.29 is 19.7 Å². The summed E-state index contributed by atoms with van der Waals surface area (Å²) in [5.41, 5.74) is 2.30. The second kappa shape index (κ2) is 9.73. The van der Waals surface area contributed by atoms with E-state index in [0.29, 0.717) is 6.61 Å². The van der Waals surface area contributed by atoms with Gasteiger partial charge in [-0.15, -0.1) is 0 Å². The minimum Gasteiger partial charge on any atom is -0.494 e. The van der Waals surface area contributed by atoms with Gasteiger partial charge in [0.15, 0.2) is 0 Å². The molecule has 2 N–H and O–H groups in total. The van der Waals surface area contributed by atoms with Crippen LogP contribution < -0.4 is 4.74 Å². The van der Waals surface area contributed by atoms with Crippen molar-refractivity contribution >= 4 is 5.97 Å². The number of hydrogen-bond acceptors (Lipinski definition) is 3. The average Bonchev–Trinajstić information content (AvgIpc) is 2.61. The molecule has 24 heavy (non-hydrogen) atoms. The van der Waals surface area contributed by atoms with Gasteiger partial charge in [0.25, 0.3) is 0 Å². The Morgan fingerprint density at radius 1 is 0.792 bits per heavy atom. The van der Waals surface area contributed by atoms with Crippen molar-refractivity contribution in [1.82, 2.24) is 0 Å². The molecule has 4 heteroatoms. The van der Waals surface area contributed by atoms with Crippen molar-refractivity contribution in [2.75, 3.05) is 13.2 Å². The smallest absolute Gasteiger partial charge is 0.335 e. The summed E-state index contributed by atoms with van der Waals surface area (Å²) >= 11 is 0. The van der Waals surface area contributed by atoms with Gasteiger partial charge in [0, 0.05) is 6.61 Å². The van der Waals surface area contributed by atoms with Gasteiger partial charge in [0.1, 0.15) is 5.75 Å². The fraction of sp³-hybridized carbons (Fsp3) is 0.350. The first-order valence-electron chi connectivity index (χ1n) is 8.38. The standard InChI is InChI=1S/C20H24O4/c21-14-4-2-1-3-5-15-24-19-12-10-17(11-13-19)16-6-8-18(9-7-16)20(22)23/h6-13,21H,1-5,14-15H2,(H,22,23). The summed E-state index contributed by atoms with van der Waals surface area (Å²) in [5, 5.41) is 17.6. The number of carboxylic acids is 1. The first-order chi connectivity index (χ1) is 11.7. The SMILES string of the molecule is O=C(O)c1ccc(-c2ccc(OCCCCCCCO)cc2)cc1. The first-order valence-corrected chi connectivity index (χ1v) is 8.38. The van der Waals surface area contributed by atoms with Crippen LogP contribution in [0.4, 0.5) is 0 Å². The molecule has 0 amide bonds. The highest BCUT2D eigenvalue weighted by molar-refractivity contribution is 5.88. The Hall–Kier alpha value is -2.33. The molecule has 0 bridgehead atoms. The molecular formula is C20H24O4. The fourth-order valence-corrected chi connectivity index (χ4v) is 2.48. The fourth-order valence-electron chi connectivity index (χ4n) is 2.48. The van der Waals surface area contributed by atoms with Gasteiger partial charge >= 0.3 is 5.97 Å². The van der Waals surface area contributed by atoms with Crippen LogP contribution in [-0.4, -0.2) is 29.4 Å². The third-order valence-electron chi connectivity index (χ3n) is 3.89. The van der Waals surface area contributed by atoms with Gasteiger partial charge < -0.3 is 14.9 Å². The maximum atomic E-state index is 10.9. The van der Waals surface area contributed by atoms with E-state index in [-0.39, 0.29) is 12.2 Å². The van der Waals surface area contributed by atoms with Gasteiger partial charge in [-0.1, -0.05) is 43.5 Å². The molecule has 0 atom stereocenters. The molecule has 0 spiro atoms. The van der Waals surface area contributed by atoms with Gasteiger partial charge in [0.2, 0.25) is 0 Å². The Morgan fingerprint density at radius 3 is 1.92 bits per heavy atom. The van der Waals surface area contributed by atoms with Crippen LogP contribution in [0.2, 0.25) is 0 Å². The minimum absolute atomic E-state index is 0.280. The number of carboxylic acid groups (broad SMARTS) is 1. The van der Waals surface area contributed by atoms with Crippen LogP contribution in [0.15, 0.2) is 48.5 Å². The Morgan fingerprint density at radius 2 is 1.33 bits per heavy atom. The number of rotatable bonds is 10. The molecule has 0 aromatic heterocycles. The molecule has 0 saturated heterocycles. The predicted molar refractivity (Wildman–Crippen MR) is 94.5 cm³/mol. The number of hydrogen-bond donors (Lipinski definition) is 2. The molecule has 0 aliphatic heterocycles. The molecular weight excluding hydrogens is 304 g/mol. The van der Waals surface area contributed by atoms with Gasteiger partial charge in [-0.2, -0.15) is 0 Å². The lowest BCUT2D eigenvalue weighted by molar-refractivity contribution is 0.0697. The normalized spacial score (nSPS) is 10.5. The third-order valence-corrected chi connectivity index (χ3v) is 3.89. The predicted octanol–water partition coefficient (Wildman–Crippen LogP) is 4.37. The molecule has 4 nitrogen and oxygen atoms in total. The monoisotopic (exact) mass is 328 g/mol. The molecule has 0 unspecified atom stereocenters. The summed E-state index contributed by atoms with van der Waals surface area (Å²) in [6.07, 6.45) is 5.23. The molecule has 2 aromatic carbocycles. The van der Waals surface area contributed by atoms with Crippen molar-refractivity contribution in [2.45, 2.75) is 32.1 Å². The van der Waals surface area contributed by atoms with E-state index in [4.69, 9.17) is 14.9 Å². The number of ether oxygens (including phenoxy) is 1. The van der Waals surface area contributed by atoms with Gasteiger partial charge in [-0.3, -0.25) is 0 Å². The van der Waals surface area contributed by atoms with Gasteiger partial charge in [0.05, 0.1) is 12.2 Å². The Labute approximate surface area is 142 Å². The molecule has 2 aromatic rings. The van der Waals surface area contributed by atoms with Crippen LogP contribution in [0.3, 0.4) is 0 Å². The van der Waals surface area contributed by atoms with E-state index in [9.17, 15) is 4.79 Å². The van der Waals surface area contributed by atoms with Crippen LogP contribution in [0, 0.1) is 0 Å². The minimum atomic E-state index is -0.915. The third kappa shape index (κ3) is 5.70. The topological polar surface area (TPSA) is 66.8 Å². The lowest BCUT2D eigenvalue weighted by Gasteiger charge is -2.08. The summed E-state index contributed by atoms with van der Waals surface area (Å²) in [5.74, 6) is -0.0714. The van der Waals surface area contributed by atoms with Crippen LogP contribution in [0.25, 0.3) is 11.1 Å². The maximum absolute atomic E-state index is 10.9. The molecule has 2 rings (SSSR count). The lowest BCUT2D eigenvalue weighted by Crippen LogP contribution is -1.97. The van der Waals surface area contributed by atoms with E-state index < -0.39 is 5.97 Å². The van der Waals surface area contributed by atoms with Crippen LogP contribution in [-0.2, 0) is 0 Å². The average molecular weight is 328 g/mol. The van der Waals surface area contributed by atoms with Gasteiger partial charge in [-0.05, 0) is 48.2 Å². The maximum Gasteiger partial charge on any atom is 0.335 e. The summed E-state index contributed by atoms with van der Waals surface area (Å²) < 4.78 is 5.73. The Balaban J connectivity index is 1.79. The van der Waals surface area contributed by atoms with Crippen LogP contribution in [0.5, 0.6) is 5.75 Å². The van der Waals surface area contributed by atoms with Crippen molar-refractivity contribution in [3.8, 4) is 16.9 Å². The van der Waals surface area contributed by atoms with Crippen molar-refractivity contribution in [1.29, 1.82) is 0 Å². The molecule has 0 radical (unpaired) electrons. The zero-order chi connectivity index (χ0) is 17.2. The lowest BCUT2D eigenvalue weighted by atomic mass is 10.0. The van der Waals surface area contributed by atoms with E-state index in [1.54, 1.807) is 12.1 Å². The second-order valence-electron chi connectivity index (χ2n) is 5.75. The quantitative estimate of drug-likeness (QED) is 0.635. The number of aliphatic hydroxyl groups excluding tert-OH is 1. The molecule has 0 aliphatic carbocycles. The van der Waals surface area contributed by atoms with Crippen LogP contribution >= 0.6 is 0 Å². The Kier molecular flexibility index (Phi) is 7.30. The second-order valence-corrected chi connectivity index (χ2v) is 5.75. The van der Waals surface area contributed by atoms with E-state index in [0.717, 1.165) is 49.0 Å². The number of carbonyl (C=O) groups is 1. The van der Waals surface area contributed by atoms with Crippen molar-refractivity contribution in [2.24, 2.45) is 0 Å². The number of aliphatic hydroxyl groups is 1. The highest BCUT2D eigenvalue weighted by Gasteiger charge is 2.03. The zero-order valence-corrected chi connectivity index (χ0v) is 13.8. The van der Waals surface area contributed by atoms with E-state index in [1.165, 1.54) is 0 Å². The highest BCUT2D eigenvalue weighted by atomic mass is 16.5. The van der Waals surface area contributed by atoms with E-state index in [1.807, 2.05) is 36.4 Å². The molecule has 0 saturated carbocycles. The highest BCUT2D eigenvalue weighted by Crippen LogP contribution is 2.23. The van der Waals surface area contributed by atoms with Gasteiger partial charge in [-0.25, -0.2) is 4.79 Å². The van der Waals surface area contributed by atoms with E-state index in [2.05, 4.69) is 0 Å². The van der Waals surface area contributed by atoms with E-state index >= 15 is 0 Å². The molecule has 0 fully saturated rings. The number of benzene rings is 2. The summed E-state index contributed by atoms with van der Waals surface area (Å²) in [6, 6.07) is 14.7. The van der Waals surface area contributed by atoms with Crippen LogP contribution in [0.1, 0.15) is 42.5 Å². The summed E-state index contributed by atoms with van der Waals surface area (Å²) in [4.78, 5) is 10.9. The van der Waals surface area contributed by atoms with Crippen molar-refractivity contribution in [3.05, 3.63) is 54.1 Å². The van der Waals surface area contributed by atoms with Crippen molar-refractivity contribution in [3.63, 3.8) is 0 Å². The number of aromatic carboxylic acids is 1. The molecule has 0 aliphatic rings. The first kappa shape index (κ1) is 18.0. The summed E-state index contributed by atoms with van der Waals surface area (Å²) in [7, 11) is 0. The molecule has 128 valence electrons.